The fraction of sp³-hybridized carbons (Fsp3) is 0.375. The van der Waals surface area contributed by atoms with E-state index in [4.69, 9.17) is 9.47 Å². The minimum Gasteiger partial charge on any atom is -0.467 e. The Labute approximate surface area is 182 Å². The number of nitrogens with one attached hydrogen (secondary N) is 1. The van der Waals surface area contributed by atoms with Gasteiger partial charge in [-0.1, -0.05) is 60.7 Å². The minimum absolute atomic E-state index is 0.114. The van der Waals surface area contributed by atoms with E-state index >= 15 is 0 Å². The van der Waals surface area contributed by atoms with Crippen molar-refractivity contribution < 1.29 is 23.9 Å². The van der Waals surface area contributed by atoms with E-state index in [1.165, 1.54) is 7.11 Å². The molecule has 0 spiro atoms. The normalized spacial score (nSPS) is 16.4. The highest BCUT2D eigenvalue weighted by Gasteiger charge is 2.32. The van der Waals surface area contributed by atoms with Crippen molar-refractivity contribution in [2.45, 2.75) is 44.4 Å². The van der Waals surface area contributed by atoms with Gasteiger partial charge < -0.3 is 19.7 Å². The number of amides is 2. The van der Waals surface area contributed by atoms with E-state index < -0.39 is 18.1 Å². The fourth-order valence-electron chi connectivity index (χ4n) is 3.74. The summed E-state index contributed by atoms with van der Waals surface area (Å²) in [6.45, 7) is 0.743. The van der Waals surface area contributed by atoms with E-state index in [1.54, 1.807) is 4.90 Å². The third kappa shape index (κ3) is 6.57. The van der Waals surface area contributed by atoms with Crippen molar-refractivity contribution in [2.75, 3.05) is 13.7 Å². The standard InChI is InChI=1S/C24H28N2O5/c1-30-23(28)21(15-18-9-4-2-5-10-18)25-22(27)16-20-13-8-14-26(20)24(29)31-17-19-11-6-3-7-12-19/h2-7,9-12,20-21H,8,13-17H2,1H3,(H,25,27)/t20-,21-/m0/s1. The molecule has 1 aliphatic rings. The van der Waals surface area contributed by atoms with Gasteiger partial charge in [0.2, 0.25) is 5.91 Å². The van der Waals surface area contributed by atoms with Crippen molar-refractivity contribution in [1.29, 1.82) is 0 Å². The molecule has 7 heteroatoms. The zero-order chi connectivity index (χ0) is 22.1. The van der Waals surface area contributed by atoms with Crippen LogP contribution in [0.5, 0.6) is 0 Å². The lowest BCUT2D eigenvalue weighted by atomic mass is 10.1. The summed E-state index contributed by atoms with van der Waals surface area (Å²) in [6.07, 6.45) is 1.56. The molecular formula is C24H28N2O5. The van der Waals surface area contributed by atoms with Gasteiger partial charge in [0.15, 0.2) is 0 Å². The number of esters is 1. The highest BCUT2D eigenvalue weighted by Crippen LogP contribution is 2.21. The summed E-state index contributed by atoms with van der Waals surface area (Å²) in [5.41, 5.74) is 1.83. The Balaban J connectivity index is 1.54. The molecule has 0 saturated carbocycles. The van der Waals surface area contributed by atoms with Crippen molar-refractivity contribution in [3.63, 3.8) is 0 Å². The van der Waals surface area contributed by atoms with Crippen LogP contribution in [0.1, 0.15) is 30.4 Å². The number of hydrogen-bond acceptors (Lipinski definition) is 5. The number of hydrogen-bond donors (Lipinski definition) is 1. The first-order valence-electron chi connectivity index (χ1n) is 10.4. The summed E-state index contributed by atoms with van der Waals surface area (Å²) in [5.74, 6) is -0.790. The number of carbonyl (C=O) groups is 3. The summed E-state index contributed by atoms with van der Waals surface area (Å²) in [4.78, 5) is 39.0. The van der Waals surface area contributed by atoms with Gasteiger partial charge >= 0.3 is 12.1 Å². The van der Waals surface area contributed by atoms with Crippen LogP contribution in [0.4, 0.5) is 4.79 Å². The van der Waals surface area contributed by atoms with Crippen LogP contribution in [-0.2, 0) is 32.1 Å². The number of carbonyl (C=O) groups excluding carboxylic acids is 3. The molecule has 1 aliphatic heterocycles. The molecule has 2 aromatic carbocycles. The Morgan fingerprint density at radius 1 is 1.03 bits per heavy atom. The first-order chi connectivity index (χ1) is 15.1. The van der Waals surface area contributed by atoms with Gasteiger partial charge in [0.1, 0.15) is 12.6 Å². The summed E-state index contributed by atoms with van der Waals surface area (Å²) in [7, 11) is 1.30. The molecule has 1 heterocycles. The summed E-state index contributed by atoms with van der Waals surface area (Å²) in [6, 6.07) is 17.9. The van der Waals surface area contributed by atoms with Crippen LogP contribution in [-0.4, -0.2) is 48.6 Å². The average Bonchev–Trinajstić information content (AvgIpc) is 3.26. The third-order valence-corrected chi connectivity index (χ3v) is 5.34. The number of ether oxygens (including phenoxy) is 2. The molecule has 1 fully saturated rings. The molecule has 0 bridgehead atoms. The zero-order valence-corrected chi connectivity index (χ0v) is 17.7. The molecule has 0 aromatic heterocycles. The quantitative estimate of drug-likeness (QED) is 0.659. The van der Waals surface area contributed by atoms with Gasteiger partial charge in [0.25, 0.3) is 0 Å². The lowest BCUT2D eigenvalue weighted by Crippen LogP contribution is -2.46. The number of methoxy groups -OCH3 is 1. The van der Waals surface area contributed by atoms with Gasteiger partial charge in [0.05, 0.1) is 7.11 Å². The van der Waals surface area contributed by atoms with E-state index in [-0.39, 0.29) is 25.0 Å². The molecule has 3 rings (SSSR count). The molecule has 0 radical (unpaired) electrons. The third-order valence-electron chi connectivity index (χ3n) is 5.34. The molecule has 0 aliphatic carbocycles. The van der Waals surface area contributed by atoms with E-state index in [2.05, 4.69) is 5.32 Å². The van der Waals surface area contributed by atoms with E-state index in [0.29, 0.717) is 13.0 Å². The van der Waals surface area contributed by atoms with E-state index in [0.717, 1.165) is 24.0 Å². The minimum atomic E-state index is -0.778. The number of benzene rings is 2. The second kappa shape index (κ2) is 11.2. The molecule has 2 atom stereocenters. The molecule has 2 amide bonds. The highest BCUT2D eigenvalue weighted by atomic mass is 16.6. The second-order valence-corrected chi connectivity index (χ2v) is 7.57. The maximum atomic E-state index is 12.7. The maximum absolute atomic E-state index is 12.7. The van der Waals surface area contributed by atoms with Crippen LogP contribution in [0.25, 0.3) is 0 Å². The van der Waals surface area contributed by atoms with Gasteiger partial charge in [-0.3, -0.25) is 4.79 Å². The molecule has 0 unspecified atom stereocenters. The predicted molar refractivity (Wildman–Crippen MR) is 115 cm³/mol. The van der Waals surface area contributed by atoms with Crippen LogP contribution in [0, 0.1) is 0 Å². The van der Waals surface area contributed by atoms with Crippen molar-refractivity contribution in [3.8, 4) is 0 Å². The van der Waals surface area contributed by atoms with Gasteiger partial charge in [-0.25, -0.2) is 9.59 Å². The molecule has 1 N–H and O–H groups in total. The second-order valence-electron chi connectivity index (χ2n) is 7.57. The molecular weight excluding hydrogens is 396 g/mol. The Kier molecular flexibility index (Phi) is 8.04. The fourth-order valence-corrected chi connectivity index (χ4v) is 3.74. The summed E-state index contributed by atoms with van der Waals surface area (Å²) in [5, 5.41) is 2.77. The van der Waals surface area contributed by atoms with Crippen molar-refractivity contribution in [3.05, 3.63) is 71.8 Å². The molecule has 7 nitrogen and oxygen atoms in total. The Bertz CT molecular complexity index is 872. The van der Waals surface area contributed by atoms with Gasteiger partial charge in [-0.15, -0.1) is 0 Å². The van der Waals surface area contributed by atoms with Crippen molar-refractivity contribution in [2.24, 2.45) is 0 Å². The maximum Gasteiger partial charge on any atom is 0.410 e. The number of rotatable bonds is 8. The topological polar surface area (TPSA) is 84.9 Å². The Morgan fingerprint density at radius 3 is 2.32 bits per heavy atom. The Hall–Kier alpha value is -3.35. The molecule has 1 saturated heterocycles. The average molecular weight is 424 g/mol. The van der Waals surface area contributed by atoms with Crippen molar-refractivity contribution >= 4 is 18.0 Å². The number of likely N-dealkylation sites (tertiary alicyclic amines) is 1. The molecule has 164 valence electrons. The van der Waals surface area contributed by atoms with Crippen LogP contribution < -0.4 is 5.32 Å². The van der Waals surface area contributed by atoms with Gasteiger partial charge in [-0.05, 0) is 24.0 Å². The smallest absolute Gasteiger partial charge is 0.410 e. The van der Waals surface area contributed by atoms with Gasteiger partial charge in [0, 0.05) is 25.4 Å². The van der Waals surface area contributed by atoms with Crippen LogP contribution in [0.15, 0.2) is 60.7 Å². The summed E-state index contributed by atoms with van der Waals surface area (Å²) < 4.78 is 10.3. The largest absolute Gasteiger partial charge is 0.467 e. The SMILES string of the molecule is COC(=O)[C@H](Cc1ccccc1)NC(=O)C[C@@H]1CCCN1C(=O)OCc1ccccc1. The summed E-state index contributed by atoms with van der Waals surface area (Å²) >= 11 is 0. The van der Waals surface area contributed by atoms with Crippen LogP contribution in [0.3, 0.4) is 0 Å². The highest BCUT2D eigenvalue weighted by molar-refractivity contribution is 5.85. The van der Waals surface area contributed by atoms with E-state index in [9.17, 15) is 14.4 Å². The van der Waals surface area contributed by atoms with Crippen LogP contribution in [0.2, 0.25) is 0 Å². The number of nitrogens with zero attached hydrogens (tertiary/aromatic N) is 1. The van der Waals surface area contributed by atoms with Crippen molar-refractivity contribution in [1.82, 2.24) is 10.2 Å². The molecule has 2 aromatic rings. The lowest BCUT2D eigenvalue weighted by Gasteiger charge is -2.24. The van der Waals surface area contributed by atoms with E-state index in [1.807, 2.05) is 60.7 Å². The monoisotopic (exact) mass is 424 g/mol. The lowest BCUT2D eigenvalue weighted by molar-refractivity contribution is -0.145. The Morgan fingerprint density at radius 2 is 1.68 bits per heavy atom. The van der Waals surface area contributed by atoms with Gasteiger partial charge in [-0.2, -0.15) is 0 Å². The van der Waals surface area contributed by atoms with Crippen LogP contribution >= 0.6 is 0 Å². The first kappa shape index (κ1) is 22.3. The first-order valence-corrected chi connectivity index (χ1v) is 10.4. The molecule has 31 heavy (non-hydrogen) atoms. The predicted octanol–water partition coefficient (Wildman–Crippen LogP) is 3.08. The zero-order valence-electron chi connectivity index (χ0n) is 17.7.